The number of nitrogens with zero attached hydrogens (tertiary/aromatic N) is 2. The molecule has 1 aliphatic heterocycles. The summed E-state index contributed by atoms with van der Waals surface area (Å²) in [6.07, 6.45) is 2.80. The van der Waals surface area contributed by atoms with Crippen LogP contribution in [0.1, 0.15) is 41.9 Å². The molecule has 0 spiro atoms. The number of hydrogen-bond donors (Lipinski definition) is 0. The van der Waals surface area contributed by atoms with Crippen LogP contribution in [-0.4, -0.2) is 45.1 Å². The number of carbonyl (C=O) groups is 1. The highest BCUT2D eigenvalue weighted by Crippen LogP contribution is 2.36. The van der Waals surface area contributed by atoms with Gasteiger partial charge in [-0.1, -0.05) is 41.6 Å². The minimum absolute atomic E-state index is 0.0204. The quantitative estimate of drug-likeness (QED) is 0.626. The van der Waals surface area contributed by atoms with Crippen LogP contribution in [0, 0.1) is 17.7 Å². The Labute approximate surface area is 178 Å². The zero-order valence-corrected chi connectivity index (χ0v) is 18.4. The lowest BCUT2D eigenvalue weighted by molar-refractivity contribution is -0.133. The van der Waals surface area contributed by atoms with Crippen LogP contribution in [0.3, 0.4) is 0 Å². The van der Waals surface area contributed by atoms with E-state index in [1.807, 2.05) is 43.3 Å². The molecule has 0 saturated carbocycles. The normalized spacial score (nSPS) is 19.4. The lowest BCUT2D eigenvalue weighted by atomic mass is 9.79. The monoisotopic (exact) mass is 428 g/mol. The lowest BCUT2D eigenvalue weighted by Gasteiger charge is -2.33. The number of carbonyl (C=O) groups excluding carboxylic acids is 1. The number of likely N-dealkylation sites (tertiary alicyclic amines) is 1. The first-order chi connectivity index (χ1) is 14.2. The number of nitroso groups, excluding NO2 is 1. The molecule has 0 bridgehead atoms. The van der Waals surface area contributed by atoms with Gasteiger partial charge in [0.15, 0.2) is 9.84 Å². The highest BCUT2D eigenvalue weighted by atomic mass is 32.2. The maximum Gasteiger partial charge on any atom is 0.222 e. The van der Waals surface area contributed by atoms with E-state index in [1.165, 1.54) is 6.26 Å². The summed E-state index contributed by atoms with van der Waals surface area (Å²) in [4.78, 5) is 25.6. The summed E-state index contributed by atoms with van der Waals surface area (Å²) in [7, 11) is -1.52. The van der Waals surface area contributed by atoms with Crippen molar-refractivity contribution in [1.29, 1.82) is 0 Å². The Morgan fingerprint density at radius 3 is 2.37 bits per heavy atom. The number of benzene rings is 2. The summed E-state index contributed by atoms with van der Waals surface area (Å²) in [5.74, 6) is 0.0279. The van der Waals surface area contributed by atoms with Gasteiger partial charge in [-0.25, -0.2) is 8.42 Å². The molecule has 0 N–H and O–H groups in total. The maximum atomic E-state index is 11.8. The SMILES string of the molecule is Cc1ccccc1[C@H](CC(N=O)C1CCC(=O)N(C)C1)c1ccc(S(C)(=O)=O)cc1. The van der Waals surface area contributed by atoms with Gasteiger partial charge in [-0.15, -0.1) is 0 Å². The van der Waals surface area contributed by atoms with Crippen LogP contribution in [0.25, 0.3) is 0 Å². The first-order valence-corrected chi connectivity index (χ1v) is 12.0. The largest absolute Gasteiger partial charge is 0.345 e. The minimum atomic E-state index is -3.28. The Balaban J connectivity index is 1.95. The van der Waals surface area contributed by atoms with Gasteiger partial charge in [-0.3, -0.25) is 4.79 Å². The molecule has 2 unspecified atom stereocenters. The Hall–Kier alpha value is -2.54. The van der Waals surface area contributed by atoms with E-state index in [1.54, 1.807) is 24.1 Å². The zero-order chi connectivity index (χ0) is 21.9. The molecule has 1 amide bonds. The van der Waals surface area contributed by atoms with E-state index in [-0.39, 0.29) is 22.6 Å². The molecule has 160 valence electrons. The highest BCUT2D eigenvalue weighted by Gasteiger charge is 2.33. The second-order valence-electron chi connectivity index (χ2n) is 8.23. The molecule has 0 radical (unpaired) electrons. The molecular weight excluding hydrogens is 400 g/mol. The molecule has 0 aromatic heterocycles. The second kappa shape index (κ2) is 9.08. The molecule has 30 heavy (non-hydrogen) atoms. The van der Waals surface area contributed by atoms with Crippen molar-refractivity contribution in [3.8, 4) is 0 Å². The first kappa shape index (κ1) is 22.2. The molecule has 1 aliphatic rings. The average Bonchev–Trinajstić information content (AvgIpc) is 2.71. The summed E-state index contributed by atoms with van der Waals surface area (Å²) < 4.78 is 23.7. The van der Waals surface area contributed by atoms with Crippen molar-refractivity contribution in [3.05, 3.63) is 70.1 Å². The fourth-order valence-electron chi connectivity index (χ4n) is 4.29. The summed E-state index contributed by atoms with van der Waals surface area (Å²) >= 11 is 0. The second-order valence-corrected chi connectivity index (χ2v) is 10.2. The van der Waals surface area contributed by atoms with Gasteiger partial charge in [0, 0.05) is 38.1 Å². The van der Waals surface area contributed by atoms with Crippen molar-refractivity contribution in [2.45, 2.75) is 43.0 Å². The van der Waals surface area contributed by atoms with Gasteiger partial charge in [0.1, 0.15) is 0 Å². The highest BCUT2D eigenvalue weighted by molar-refractivity contribution is 7.90. The Kier molecular flexibility index (Phi) is 6.71. The Bertz CT molecular complexity index is 1020. The van der Waals surface area contributed by atoms with Gasteiger partial charge in [0.25, 0.3) is 0 Å². The third kappa shape index (κ3) is 4.95. The molecule has 6 nitrogen and oxygen atoms in total. The summed E-state index contributed by atoms with van der Waals surface area (Å²) in [6.45, 7) is 2.56. The van der Waals surface area contributed by atoms with Crippen molar-refractivity contribution in [3.63, 3.8) is 0 Å². The topological polar surface area (TPSA) is 83.9 Å². The summed E-state index contributed by atoms with van der Waals surface area (Å²) in [5, 5.41) is 3.46. The van der Waals surface area contributed by atoms with Crippen molar-refractivity contribution < 1.29 is 13.2 Å². The zero-order valence-electron chi connectivity index (χ0n) is 17.6. The summed E-state index contributed by atoms with van der Waals surface area (Å²) in [6, 6.07) is 14.5. The molecule has 1 heterocycles. The van der Waals surface area contributed by atoms with E-state index in [9.17, 15) is 18.1 Å². The molecular formula is C23H28N2O4S. The van der Waals surface area contributed by atoms with E-state index in [0.29, 0.717) is 25.8 Å². The molecule has 1 saturated heterocycles. The van der Waals surface area contributed by atoms with Crippen molar-refractivity contribution in [2.75, 3.05) is 19.8 Å². The number of rotatable bonds is 7. The molecule has 1 fully saturated rings. The third-order valence-electron chi connectivity index (χ3n) is 6.09. The molecule has 3 rings (SSSR count). The third-order valence-corrected chi connectivity index (χ3v) is 7.22. The van der Waals surface area contributed by atoms with Gasteiger partial charge < -0.3 is 4.90 Å². The van der Waals surface area contributed by atoms with E-state index in [2.05, 4.69) is 5.18 Å². The van der Waals surface area contributed by atoms with Crippen LogP contribution in [-0.2, 0) is 14.6 Å². The lowest BCUT2D eigenvalue weighted by Crippen LogP contribution is -2.41. The van der Waals surface area contributed by atoms with Gasteiger partial charge in [0.2, 0.25) is 5.91 Å². The molecule has 2 aromatic carbocycles. The number of piperidine rings is 1. The van der Waals surface area contributed by atoms with Crippen LogP contribution in [0.15, 0.2) is 58.6 Å². The minimum Gasteiger partial charge on any atom is -0.345 e. The van der Waals surface area contributed by atoms with Crippen LogP contribution >= 0.6 is 0 Å². The molecule has 3 atom stereocenters. The van der Waals surface area contributed by atoms with E-state index < -0.39 is 15.9 Å². The van der Waals surface area contributed by atoms with Crippen LogP contribution in [0.2, 0.25) is 0 Å². The Morgan fingerprint density at radius 1 is 1.13 bits per heavy atom. The number of aryl methyl sites for hydroxylation is 1. The van der Waals surface area contributed by atoms with E-state index >= 15 is 0 Å². The van der Waals surface area contributed by atoms with Crippen LogP contribution in [0.5, 0.6) is 0 Å². The first-order valence-electron chi connectivity index (χ1n) is 10.1. The molecule has 0 aliphatic carbocycles. The maximum absolute atomic E-state index is 11.8. The van der Waals surface area contributed by atoms with Crippen molar-refractivity contribution in [2.24, 2.45) is 11.1 Å². The summed E-state index contributed by atoms with van der Waals surface area (Å²) in [5.41, 5.74) is 3.15. The number of sulfone groups is 1. The van der Waals surface area contributed by atoms with Crippen LogP contribution < -0.4 is 0 Å². The van der Waals surface area contributed by atoms with Gasteiger partial charge in [0.05, 0.1) is 10.9 Å². The standard InChI is InChI=1S/C23H28N2O4S/c1-16-6-4-5-7-20(16)21(17-8-11-19(12-9-17)30(3,28)29)14-22(24-27)18-10-13-23(26)25(2)15-18/h4-9,11-12,18,21-22H,10,13-15H2,1-3H3/t18?,21-,22?/m1/s1. The molecule has 2 aromatic rings. The van der Waals surface area contributed by atoms with Gasteiger partial charge in [-0.05, 0) is 48.6 Å². The predicted octanol–water partition coefficient (Wildman–Crippen LogP) is 3.92. The van der Waals surface area contributed by atoms with E-state index in [0.717, 1.165) is 16.7 Å². The smallest absolute Gasteiger partial charge is 0.222 e. The fourth-order valence-corrected chi connectivity index (χ4v) is 4.92. The van der Waals surface area contributed by atoms with E-state index in [4.69, 9.17) is 0 Å². The van der Waals surface area contributed by atoms with Crippen LogP contribution in [0.4, 0.5) is 0 Å². The number of hydrogen-bond acceptors (Lipinski definition) is 5. The Morgan fingerprint density at radius 2 is 1.80 bits per heavy atom. The molecule has 7 heteroatoms. The predicted molar refractivity (Wildman–Crippen MR) is 117 cm³/mol. The number of amides is 1. The van der Waals surface area contributed by atoms with Crippen molar-refractivity contribution >= 4 is 15.7 Å². The van der Waals surface area contributed by atoms with Gasteiger partial charge in [-0.2, -0.15) is 4.91 Å². The van der Waals surface area contributed by atoms with Crippen molar-refractivity contribution in [1.82, 2.24) is 4.90 Å². The average molecular weight is 429 g/mol. The van der Waals surface area contributed by atoms with Gasteiger partial charge >= 0.3 is 0 Å². The fraction of sp³-hybridized carbons (Fsp3) is 0.435.